The highest BCUT2D eigenvalue weighted by Gasteiger charge is 2.05. The lowest BCUT2D eigenvalue weighted by Gasteiger charge is -2.09. The van der Waals surface area contributed by atoms with Gasteiger partial charge in [0.1, 0.15) is 11.5 Å². The Morgan fingerprint density at radius 2 is 1.88 bits per heavy atom. The maximum atomic E-state index is 12.1. The number of benzene rings is 2. The van der Waals surface area contributed by atoms with Crippen molar-refractivity contribution in [2.24, 2.45) is 5.10 Å². The van der Waals surface area contributed by atoms with E-state index in [1.165, 1.54) is 0 Å². The fourth-order valence-corrected chi connectivity index (χ4v) is 2.06. The molecule has 0 aliphatic carbocycles. The van der Waals surface area contributed by atoms with Crippen LogP contribution in [0.5, 0.6) is 11.5 Å². The molecule has 24 heavy (non-hydrogen) atoms. The highest BCUT2D eigenvalue weighted by atomic mass is 16.5. The number of amides is 1. The Morgan fingerprint density at radius 3 is 2.54 bits per heavy atom. The van der Waals surface area contributed by atoms with Gasteiger partial charge in [0.2, 0.25) is 0 Å². The van der Waals surface area contributed by atoms with Crippen molar-refractivity contribution in [3.63, 3.8) is 0 Å². The van der Waals surface area contributed by atoms with Gasteiger partial charge in [0.15, 0.2) is 0 Å². The van der Waals surface area contributed by atoms with Crippen molar-refractivity contribution in [2.75, 3.05) is 6.61 Å². The summed E-state index contributed by atoms with van der Waals surface area (Å²) in [6.45, 7) is 6.40. The third kappa shape index (κ3) is 5.12. The van der Waals surface area contributed by atoms with Crippen LogP contribution in [0, 0.1) is 0 Å². The Bertz CT molecular complexity index is 694. The molecule has 5 nitrogen and oxygen atoms in total. The van der Waals surface area contributed by atoms with E-state index < -0.39 is 0 Å². The number of carbonyl (C=O) groups is 1. The second-order valence-electron chi connectivity index (χ2n) is 5.36. The minimum absolute atomic E-state index is 0.0969. The number of ether oxygens (including phenoxy) is 2. The highest BCUT2D eigenvalue weighted by Crippen LogP contribution is 2.16. The molecule has 0 radical (unpaired) electrons. The van der Waals surface area contributed by atoms with E-state index >= 15 is 0 Å². The smallest absolute Gasteiger partial charge is 0.271 e. The first-order chi connectivity index (χ1) is 11.6. The summed E-state index contributed by atoms with van der Waals surface area (Å²) in [5, 5.41) is 4.00. The number of nitrogens with one attached hydrogen (secondary N) is 1. The minimum atomic E-state index is -0.281. The molecular formula is C19H22N2O3. The molecule has 1 amide bonds. The molecule has 0 aliphatic heterocycles. The maximum absolute atomic E-state index is 12.1. The lowest BCUT2D eigenvalue weighted by atomic mass is 10.2. The zero-order valence-electron chi connectivity index (χ0n) is 14.2. The molecule has 1 N–H and O–H groups in total. The molecule has 0 bridgehead atoms. The standard InChI is InChI=1S/C19H22N2O3/c1-4-23-18-8-6-5-7-16(18)13-20-21-19(22)15-9-11-17(12-10-15)24-14(2)3/h5-14H,4H2,1-3H3,(H,21,22). The van der Waals surface area contributed by atoms with E-state index in [0.717, 1.165) is 17.1 Å². The average molecular weight is 326 g/mol. The Hall–Kier alpha value is -2.82. The number of hydrazone groups is 1. The molecule has 2 aromatic rings. The van der Waals surface area contributed by atoms with Crippen molar-refractivity contribution in [1.29, 1.82) is 0 Å². The van der Waals surface area contributed by atoms with Gasteiger partial charge in [0.25, 0.3) is 5.91 Å². The van der Waals surface area contributed by atoms with Crippen LogP contribution < -0.4 is 14.9 Å². The van der Waals surface area contributed by atoms with Crippen molar-refractivity contribution in [1.82, 2.24) is 5.43 Å². The zero-order valence-corrected chi connectivity index (χ0v) is 14.2. The van der Waals surface area contributed by atoms with Crippen molar-refractivity contribution in [2.45, 2.75) is 26.9 Å². The number of para-hydroxylation sites is 1. The fraction of sp³-hybridized carbons (Fsp3) is 0.263. The van der Waals surface area contributed by atoms with Gasteiger partial charge < -0.3 is 9.47 Å². The second kappa shape index (κ2) is 8.72. The molecule has 2 aromatic carbocycles. The molecule has 0 atom stereocenters. The van der Waals surface area contributed by atoms with Gasteiger partial charge in [0.05, 0.1) is 18.9 Å². The van der Waals surface area contributed by atoms with E-state index in [1.54, 1.807) is 30.5 Å². The van der Waals surface area contributed by atoms with Crippen LogP contribution in [0.15, 0.2) is 53.6 Å². The van der Waals surface area contributed by atoms with Crippen LogP contribution in [0.1, 0.15) is 36.7 Å². The summed E-state index contributed by atoms with van der Waals surface area (Å²) < 4.78 is 11.1. The molecule has 0 aromatic heterocycles. The van der Waals surface area contributed by atoms with Crippen LogP contribution in [0.3, 0.4) is 0 Å². The molecule has 0 spiro atoms. The maximum Gasteiger partial charge on any atom is 0.271 e. The SMILES string of the molecule is CCOc1ccccc1C=NNC(=O)c1ccc(OC(C)C)cc1. The molecule has 2 rings (SSSR count). The van der Waals surface area contributed by atoms with E-state index in [0.29, 0.717) is 12.2 Å². The molecule has 0 aliphatic rings. The summed E-state index contributed by atoms with van der Waals surface area (Å²) in [6, 6.07) is 14.5. The molecule has 0 saturated heterocycles. The lowest BCUT2D eigenvalue weighted by molar-refractivity contribution is 0.0955. The number of hydrogen-bond donors (Lipinski definition) is 1. The predicted molar refractivity (Wildman–Crippen MR) is 94.9 cm³/mol. The van der Waals surface area contributed by atoms with Crippen LogP contribution in [-0.2, 0) is 0 Å². The van der Waals surface area contributed by atoms with Crippen LogP contribution >= 0.6 is 0 Å². The van der Waals surface area contributed by atoms with E-state index in [1.807, 2.05) is 45.0 Å². The average Bonchev–Trinajstić information content (AvgIpc) is 2.56. The number of rotatable bonds is 7. The Balaban J connectivity index is 1.97. The summed E-state index contributed by atoms with van der Waals surface area (Å²) in [7, 11) is 0. The first kappa shape index (κ1) is 17.5. The van der Waals surface area contributed by atoms with Crippen LogP contribution in [0.25, 0.3) is 0 Å². The Labute approximate surface area is 142 Å². The van der Waals surface area contributed by atoms with Gasteiger partial charge in [-0.1, -0.05) is 12.1 Å². The molecule has 5 heteroatoms. The monoisotopic (exact) mass is 326 g/mol. The van der Waals surface area contributed by atoms with Crippen LogP contribution in [-0.4, -0.2) is 24.8 Å². The topological polar surface area (TPSA) is 59.9 Å². The van der Waals surface area contributed by atoms with Crippen LogP contribution in [0.4, 0.5) is 0 Å². The first-order valence-electron chi connectivity index (χ1n) is 7.92. The summed E-state index contributed by atoms with van der Waals surface area (Å²) in [4.78, 5) is 12.1. The largest absolute Gasteiger partial charge is 0.493 e. The summed E-state index contributed by atoms with van der Waals surface area (Å²) >= 11 is 0. The van der Waals surface area contributed by atoms with Crippen molar-refractivity contribution >= 4 is 12.1 Å². The van der Waals surface area contributed by atoms with E-state index in [4.69, 9.17) is 9.47 Å². The third-order valence-corrected chi connectivity index (χ3v) is 3.08. The van der Waals surface area contributed by atoms with E-state index in [-0.39, 0.29) is 12.0 Å². The van der Waals surface area contributed by atoms with Gasteiger partial charge in [-0.05, 0) is 57.2 Å². The number of carbonyl (C=O) groups excluding carboxylic acids is 1. The van der Waals surface area contributed by atoms with Gasteiger partial charge in [-0.2, -0.15) is 5.10 Å². The van der Waals surface area contributed by atoms with Gasteiger partial charge >= 0.3 is 0 Å². The molecule has 0 fully saturated rings. The molecular weight excluding hydrogens is 304 g/mol. The van der Waals surface area contributed by atoms with Gasteiger partial charge in [-0.25, -0.2) is 5.43 Å². The molecule has 126 valence electrons. The van der Waals surface area contributed by atoms with Gasteiger partial charge in [-0.3, -0.25) is 4.79 Å². The Morgan fingerprint density at radius 1 is 1.17 bits per heavy atom. The Kier molecular flexibility index (Phi) is 6.37. The fourth-order valence-electron chi connectivity index (χ4n) is 2.06. The van der Waals surface area contributed by atoms with Crippen LogP contribution in [0.2, 0.25) is 0 Å². The van der Waals surface area contributed by atoms with E-state index in [9.17, 15) is 4.79 Å². The number of nitrogens with zero attached hydrogens (tertiary/aromatic N) is 1. The normalized spacial score (nSPS) is 10.8. The van der Waals surface area contributed by atoms with Gasteiger partial charge in [-0.15, -0.1) is 0 Å². The number of hydrogen-bond acceptors (Lipinski definition) is 4. The highest BCUT2D eigenvalue weighted by molar-refractivity contribution is 5.95. The van der Waals surface area contributed by atoms with Crippen molar-refractivity contribution in [3.05, 3.63) is 59.7 Å². The van der Waals surface area contributed by atoms with Crippen molar-refractivity contribution < 1.29 is 14.3 Å². The van der Waals surface area contributed by atoms with E-state index in [2.05, 4.69) is 10.5 Å². The third-order valence-electron chi connectivity index (χ3n) is 3.08. The minimum Gasteiger partial charge on any atom is -0.493 e. The first-order valence-corrected chi connectivity index (χ1v) is 7.92. The second-order valence-corrected chi connectivity index (χ2v) is 5.36. The van der Waals surface area contributed by atoms with Crippen molar-refractivity contribution in [3.8, 4) is 11.5 Å². The zero-order chi connectivity index (χ0) is 17.4. The quantitative estimate of drug-likeness (QED) is 0.624. The summed E-state index contributed by atoms with van der Waals surface area (Å²) in [5.74, 6) is 1.18. The molecule has 0 heterocycles. The predicted octanol–water partition coefficient (Wildman–Crippen LogP) is 3.64. The van der Waals surface area contributed by atoms with Gasteiger partial charge in [0, 0.05) is 11.1 Å². The summed E-state index contributed by atoms with van der Waals surface area (Å²) in [6.07, 6.45) is 1.67. The molecule has 0 saturated carbocycles. The lowest BCUT2D eigenvalue weighted by Crippen LogP contribution is -2.17. The summed E-state index contributed by atoms with van der Waals surface area (Å²) in [5.41, 5.74) is 3.83. The molecule has 0 unspecified atom stereocenters.